The van der Waals surface area contributed by atoms with Gasteiger partial charge in [0.1, 0.15) is 11.7 Å². The van der Waals surface area contributed by atoms with Crippen LogP contribution in [0.2, 0.25) is 0 Å². The molecule has 0 atom stereocenters. The van der Waals surface area contributed by atoms with E-state index in [2.05, 4.69) is 0 Å². The van der Waals surface area contributed by atoms with Crippen molar-refractivity contribution in [3.8, 4) is 0 Å². The molecule has 0 amide bonds. The van der Waals surface area contributed by atoms with E-state index in [4.69, 9.17) is 16.3 Å². The lowest BCUT2D eigenvalue weighted by Crippen LogP contribution is -2.30. The number of benzene rings is 1. The van der Waals surface area contributed by atoms with Crippen molar-refractivity contribution in [3.63, 3.8) is 0 Å². The third kappa shape index (κ3) is 3.57. The first-order valence-electron chi connectivity index (χ1n) is 4.20. The molecule has 0 saturated carbocycles. The normalized spacial score (nSPS) is 11.4. The van der Waals surface area contributed by atoms with Gasteiger partial charge >= 0.3 is 0 Å². The van der Waals surface area contributed by atoms with Gasteiger partial charge in [0.25, 0.3) is 10.2 Å². The molecule has 0 spiro atoms. The molecule has 8 heteroatoms. The highest BCUT2D eigenvalue weighted by Gasteiger charge is 2.07. The smallest absolute Gasteiger partial charge is 0.274 e. The Morgan fingerprint density at radius 2 is 2.12 bits per heavy atom. The van der Waals surface area contributed by atoms with Gasteiger partial charge < -0.3 is 5.73 Å². The Kier molecular flexibility index (Phi) is 3.58. The average Bonchev–Trinajstić information content (AvgIpc) is 2.14. The number of hydrogen-bond acceptors (Lipinski definition) is 3. The van der Waals surface area contributed by atoms with Gasteiger partial charge in [0.05, 0.1) is 0 Å². The second-order valence-electron chi connectivity index (χ2n) is 3.09. The third-order valence-corrected chi connectivity index (χ3v) is 2.37. The Morgan fingerprint density at radius 3 is 2.56 bits per heavy atom. The zero-order valence-electron chi connectivity index (χ0n) is 8.20. The minimum absolute atomic E-state index is 0.124. The molecule has 6 nitrogen and oxygen atoms in total. The first kappa shape index (κ1) is 12.6. The molecular weight excluding hydrogens is 235 g/mol. The van der Waals surface area contributed by atoms with Gasteiger partial charge in [-0.15, -0.1) is 0 Å². The van der Waals surface area contributed by atoms with Crippen molar-refractivity contribution in [1.29, 1.82) is 5.41 Å². The summed E-state index contributed by atoms with van der Waals surface area (Å²) in [5, 5.41) is 11.8. The van der Waals surface area contributed by atoms with E-state index in [0.29, 0.717) is 0 Å². The Balaban J connectivity index is 2.88. The molecule has 88 valence electrons. The Bertz CT molecular complexity index is 515. The molecule has 0 aliphatic heterocycles. The third-order valence-electron chi connectivity index (χ3n) is 1.83. The van der Waals surface area contributed by atoms with Crippen molar-refractivity contribution >= 4 is 16.0 Å². The molecule has 1 aromatic carbocycles. The van der Waals surface area contributed by atoms with Crippen LogP contribution < -0.4 is 15.6 Å². The summed E-state index contributed by atoms with van der Waals surface area (Å²) in [5.74, 6) is -0.909. The quantitative estimate of drug-likeness (QED) is 0.419. The molecule has 0 aliphatic rings. The molecule has 0 aromatic heterocycles. The van der Waals surface area contributed by atoms with Crippen LogP contribution in [0, 0.1) is 11.2 Å². The van der Waals surface area contributed by atoms with Crippen molar-refractivity contribution in [1.82, 2.24) is 4.72 Å². The number of halogens is 1. The summed E-state index contributed by atoms with van der Waals surface area (Å²) in [6, 6.07) is 3.82. The molecule has 0 bridgehead atoms. The van der Waals surface area contributed by atoms with Crippen LogP contribution in [0.15, 0.2) is 18.2 Å². The fraction of sp³-hybridized carbons (Fsp3) is 0.125. The molecule has 0 radical (unpaired) electrons. The number of nitrogen functional groups attached to an aromatic ring is 1. The van der Waals surface area contributed by atoms with Crippen LogP contribution in [-0.4, -0.2) is 14.3 Å². The summed E-state index contributed by atoms with van der Waals surface area (Å²) < 4.78 is 36.5. The van der Waals surface area contributed by atoms with Gasteiger partial charge in [-0.1, -0.05) is 12.1 Å². The molecule has 1 aromatic rings. The SMILES string of the molecule is N=C(N)c1ccc(CNS(N)(=O)=O)c(F)c1. The number of rotatable bonds is 4. The van der Waals surface area contributed by atoms with Gasteiger partial charge in [-0.3, -0.25) is 5.41 Å². The van der Waals surface area contributed by atoms with Crippen LogP contribution in [0.3, 0.4) is 0 Å². The second kappa shape index (κ2) is 4.56. The standard InChI is InChI=1S/C8H11FN4O2S/c9-7-3-5(8(10)11)1-2-6(7)4-13-16(12,14)15/h1-3,13H,4H2,(H3,10,11)(H2,12,14,15). The minimum Gasteiger partial charge on any atom is -0.384 e. The highest BCUT2D eigenvalue weighted by Crippen LogP contribution is 2.10. The van der Waals surface area contributed by atoms with E-state index >= 15 is 0 Å². The minimum atomic E-state index is -3.85. The van der Waals surface area contributed by atoms with E-state index in [1.165, 1.54) is 12.1 Å². The maximum Gasteiger partial charge on any atom is 0.274 e. The fourth-order valence-corrected chi connectivity index (χ4v) is 1.39. The molecule has 6 N–H and O–H groups in total. The zero-order chi connectivity index (χ0) is 12.3. The predicted octanol–water partition coefficient (Wildman–Crippen LogP) is -0.597. The largest absolute Gasteiger partial charge is 0.384 e. The summed E-state index contributed by atoms with van der Waals surface area (Å²) in [6.07, 6.45) is 0. The van der Waals surface area contributed by atoms with Crippen molar-refractivity contribution in [2.45, 2.75) is 6.54 Å². The van der Waals surface area contributed by atoms with Gasteiger partial charge in [-0.25, -0.2) is 9.53 Å². The van der Waals surface area contributed by atoms with E-state index in [0.717, 1.165) is 6.07 Å². The van der Waals surface area contributed by atoms with Crippen LogP contribution in [0.1, 0.15) is 11.1 Å². The van der Waals surface area contributed by atoms with Crippen molar-refractivity contribution in [2.24, 2.45) is 10.9 Å². The molecular formula is C8H11FN4O2S. The molecule has 1 rings (SSSR count). The average molecular weight is 246 g/mol. The summed E-state index contributed by atoms with van der Waals surface area (Å²) in [6.45, 7) is -0.247. The van der Waals surface area contributed by atoms with Crippen LogP contribution >= 0.6 is 0 Å². The van der Waals surface area contributed by atoms with Gasteiger partial charge in [0.2, 0.25) is 0 Å². The number of amidine groups is 1. The maximum atomic E-state index is 13.4. The fourth-order valence-electron chi connectivity index (χ4n) is 1.04. The Morgan fingerprint density at radius 1 is 1.50 bits per heavy atom. The van der Waals surface area contributed by atoms with E-state index in [1.54, 1.807) is 0 Å². The van der Waals surface area contributed by atoms with Gasteiger partial charge in [0, 0.05) is 17.7 Å². The van der Waals surface area contributed by atoms with E-state index in [9.17, 15) is 12.8 Å². The van der Waals surface area contributed by atoms with Crippen LogP contribution in [0.5, 0.6) is 0 Å². The summed E-state index contributed by atoms with van der Waals surface area (Å²) >= 11 is 0. The molecule has 0 aliphatic carbocycles. The molecule has 16 heavy (non-hydrogen) atoms. The van der Waals surface area contributed by atoms with E-state index in [1.807, 2.05) is 4.72 Å². The first-order chi connectivity index (χ1) is 7.29. The van der Waals surface area contributed by atoms with Gasteiger partial charge in [-0.2, -0.15) is 13.1 Å². The zero-order valence-corrected chi connectivity index (χ0v) is 9.01. The lowest BCUT2D eigenvalue weighted by Gasteiger charge is -2.05. The van der Waals surface area contributed by atoms with Crippen LogP contribution in [0.4, 0.5) is 4.39 Å². The van der Waals surface area contributed by atoms with Gasteiger partial charge in [-0.05, 0) is 6.07 Å². The lowest BCUT2D eigenvalue weighted by molar-refractivity contribution is 0.576. The molecule has 0 fully saturated rings. The van der Waals surface area contributed by atoms with Crippen molar-refractivity contribution in [2.75, 3.05) is 0 Å². The Labute approximate surface area is 92.1 Å². The van der Waals surface area contributed by atoms with Crippen LogP contribution in [-0.2, 0) is 16.8 Å². The molecule has 0 saturated heterocycles. The van der Waals surface area contributed by atoms with Gasteiger partial charge in [0.15, 0.2) is 0 Å². The summed E-state index contributed by atoms with van der Waals surface area (Å²) in [4.78, 5) is 0. The number of hydrogen-bond donors (Lipinski definition) is 4. The van der Waals surface area contributed by atoms with E-state index in [-0.39, 0.29) is 23.5 Å². The predicted molar refractivity (Wildman–Crippen MR) is 57.4 cm³/mol. The van der Waals surface area contributed by atoms with Crippen molar-refractivity contribution in [3.05, 3.63) is 35.1 Å². The van der Waals surface area contributed by atoms with Crippen molar-refractivity contribution < 1.29 is 12.8 Å². The number of nitrogens with two attached hydrogens (primary N) is 2. The Hall–Kier alpha value is -1.51. The second-order valence-corrected chi connectivity index (χ2v) is 4.46. The molecule has 0 heterocycles. The monoisotopic (exact) mass is 246 g/mol. The highest BCUT2D eigenvalue weighted by molar-refractivity contribution is 7.87. The van der Waals surface area contributed by atoms with E-state index < -0.39 is 16.0 Å². The topological polar surface area (TPSA) is 122 Å². The maximum absolute atomic E-state index is 13.4. The highest BCUT2D eigenvalue weighted by atomic mass is 32.2. The van der Waals surface area contributed by atoms with Crippen LogP contribution in [0.25, 0.3) is 0 Å². The number of nitrogens with one attached hydrogen (secondary N) is 2. The first-order valence-corrected chi connectivity index (χ1v) is 5.74. The molecule has 0 unspecified atom stereocenters. The summed E-state index contributed by atoms with van der Waals surface area (Å²) in [7, 11) is -3.85. The summed E-state index contributed by atoms with van der Waals surface area (Å²) in [5.41, 5.74) is 5.52. The lowest BCUT2D eigenvalue weighted by atomic mass is 10.1.